The molecule has 1 N–H and O–H groups in total. The van der Waals surface area contributed by atoms with Crippen molar-refractivity contribution in [3.05, 3.63) is 0 Å². The van der Waals surface area contributed by atoms with E-state index < -0.39 is 0 Å². The minimum Gasteiger partial charge on any atom is -0.380 e. The van der Waals surface area contributed by atoms with Crippen molar-refractivity contribution in [1.82, 2.24) is 10.2 Å². The summed E-state index contributed by atoms with van der Waals surface area (Å²) in [5, 5.41) is 3.46. The maximum atomic E-state index is 5.63. The lowest BCUT2D eigenvalue weighted by Crippen LogP contribution is -2.61. The molecule has 1 rings (SSSR count). The highest BCUT2D eigenvalue weighted by Crippen LogP contribution is 2.35. The van der Waals surface area contributed by atoms with Gasteiger partial charge in [0.15, 0.2) is 0 Å². The molecule has 0 radical (unpaired) electrons. The molecule has 0 spiro atoms. The summed E-state index contributed by atoms with van der Waals surface area (Å²) in [7, 11) is 6.48. The van der Waals surface area contributed by atoms with Gasteiger partial charge in [0, 0.05) is 18.2 Å². The zero-order valence-corrected chi connectivity index (χ0v) is 11.4. The molecule has 0 aromatic rings. The van der Waals surface area contributed by atoms with Crippen LogP contribution in [-0.4, -0.2) is 50.8 Å². The van der Waals surface area contributed by atoms with Crippen LogP contribution in [0.3, 0.4) is 0 Å². The van der Waals surface area contributed by atoms with Gasteiger partial charge < -0.3 is 15.0 Å². The van der Waals surface area contributed by atoms with E-state index in [1.807, 2.05) is 0 Å². The van der Waals surface area contributed by atoms with E-state index in [0.29, 0.717) is 11.6 Å². The standard InChI is InChI=1S/C13H28N2O/c1-5-16-11-12(14-2)13(15(3)4)9-7-6-8-10-13/h12,14H,5-11H2,1-4H3. The lowest BCUT2D eigenvalue weighted by molar-refractivity contribution is 0.0130. The Morgan fingerprint density at radius 3 is 2.31 bits per heavy atom. The van der Waals surface area contributed by atoms with Crippen molar-refractivity contribution in [2.45, 2.75) is 50.6 Å². The van der Waals surface area contributed by atoms with Crippen LogP contribution in [0.1, 0.15) is 39.0 Å². The van der Waals surface area contributed by atoms with Crippen LogP contribution < -0.4 is 5.32 Å². The third-order valence-corrected chi connectivity index (χ3v) is 4.10. The summed E-state index contributed by atoms with van der Waals surface area (Å²) in [6, 6.07) is 0.447. The Bertz CT molecular complexity index is 188. The average Bonchev–Trinajstić information content (AvgIpc) is 2.31. The van der Waals surface area contributed by atoms with E-state index >= 15 is 0 Å². The molecule has 1 aliphatic rings. The van der Waals surface area contributed by atoms with Crippen molar-refractivity contribution in [2.24, 2.45) is 0 Å². The summed E-state index contributed by atoms with van der Waals surface area (Å²) >= 11 is 0. The Morgan fingerprint density at radius 1 is 1.25 bits per heavy atom. The number of hydrogen-bond donors (Lipinski definition) is 1. The quantitative estimate of drug-likeness (QED) is 0.751. The van der Waals surface area contributed by atoms with Gasteiger partial charge in [-0.1, -0.05) is 19.3 Å². The van der Waals surface area contributed by atoms with E-state index in [0.717, 1.165) is 13.2 Å². The summed E-state index contributed by atoms with van der Waals surface area (Å²) in [5.41, 5.74) is 0.294. The molecule has 0 aromatic heterocycles. The van der Waals surface area contributed by atoms with Gasteiger partial charge in [-0.15, -0.1) is 0 Å². The van der Waals surface area contributed by atoms with Crippen LogP contribution in [-0.2, 0) is 4.74 Å². The molecule has 0 bridgehead atoms. The van der Waals surface area contributed by atoms with Crippen molar-refractivity contribution in [1.29, 1.82) is 0 Å². The molecule has 96 valence electrons. The van der Waals surface area contributed by atoms with Crippen molar-refractivity contribution in [2.75, 3.05) is 34.4 Å². The van der Waals surface area contributed by atoms with Gasteiger partial charge in [-0.3, -0.25) is 0 Å². The molecular formula is C13H28N2O. The minimum atomic E-state index is 0.294. The van der Waals surface area contributed by atoms with Gasteiger partial charge in [-0.05, 0) is 40.9 Å². The second-order valence-corrected chi connectivity index (χ2v) is 5.06. The van der Waals surface area contributed by atoms with Crippen LogP contribution >= 0.6 is 0 Å². The molecule has 1 atom stereocenters. The van der Waals surface area contributed by atoms with Gasteiger partial charge in [0.25, 0.3) is 0 Å². The molecule has 0 heterocycles. The van der Waals surface area contributed by atoms with Crippen LogP contribution in [0.25, 0.3) is 0 Å². The summed E-state index contributed by atoms with van der Waals surface area (Å²) in [5.74, 6) is 0. The normalized spacial score (nSPS) is 22.3. The predicted octanol–water partition coefficient (Wildman–Crippen LogP) is 1.88. The van der Waals surface area contributed by atoms with Crippen LogP contribution in [0, 0.1) is 0 Å². The lowest BCUT2D eigenvalue weighted by Gasteiger charge is -2.48. The summed E-state index contributed by atoms with van der Waals surface area (Å²) < 4.78 is 5.63. The van der Waals surface area contributed by atoms with Crippen LogP contribution in [0.5, 0.6) is 0 Å². The first-order chi connectivity index (χ1) is 7.67. The van der Waals surface area contributed by atoms with Crippen LogP contribution in [0.2, 0.25) is 0 Å². The monoisotopic (exact) mass is 228 g/mol. The third-order valence-electron chi connectivity index (χ3n) is 4.10. The highest BCUT2D eigenvalue weighted by Gasteiger charge is 2.40. The number of nitrogens with one attached hydrogen (secondary N) is 1. The Labute approximate surface area is 101 Å². The van der Waals surface area contributed by atoms with Gasteiger partial charge in [0.1, 0.15) is 0 Å². The maximum Gasteiger partial charge on any atom is 0.0637 e. The van der Waals surface area contributed by atoms with E-state index in [4.69, 9.17) is 4.74 Å². The molecule has 1 aliphatic carbocycles. The first-order valence-corrected chi connectivity index (χ1v) is 6.60. The van der Waals surface area contributed by atoms with E-state index in [-0.39, 0.29) is 0 Å². The molecule has 3 nitrogen and oxygen atoms in total. The highest BCUT2D eigenvalue weighted by atomic mass is 16.5. The maximum absolute atomic E-state index is 5.63. The number of hydrogen-bond acceptors (Lipinski definition) is 3. The third kappa shape index (κ3) is 2.96. The molecule has 1 unspecified atom stereocenters. The molecule has 1 fully saturated rings. The van der Waals surface area contributed by atoms with Crippen molar-refractivity contribution >= 4 is 0 Å². The van der Waals surface area contributed by atoms with E-state index in [9.17, 15) is 0 Å². The number of likely N-dealkylation sites (N-methyl/N-ethyl adjacent to an activating group) is 2. The Morgan fingerprint density at radius 2 is 1.88 bits per heavy atom. The van der Waals surface area contributed by atoms with E-state index in [2.05, 4.69) is 38.3 Å². The molecule has 0 aliphatic heterocycles. The van der Waals surface area contributed by atoms with Crippen molar-refractivity contribution < 1.29 is 4.74 Å². The Kier molecular flexibility index (Phi) is 5.73. The van der Waals surface area contributed by atoms with Gasteiger partial charge in [-0.25, -0.2) is 0 Å². The van der Waals surface area contributed by atoms with E-state index in [1.54, 1.807) is 0 Å². The topological polar surface area (TPSA) is 24.5 Å². The predicted molar refractivity (Wildman–Crippen MR) is 68.8 cm³/mol. The molecule has 0 saturated heterocycles. The van der Waals surface area contributed by atoms with Crippen molar-refractivity contribution in [3.63, 3.8) is 0 Å². The number of rotatable bonds is 6. The second kappa shape index (κ2) is 6.58. The summed E-state index contributed by atoms with van der Waals surface area (Å²) in [6.45, 7) is 3.70. The second-order valence-electron chi connectivity index (χ2n) is 5.06. The molecule has 0 aromatic carbocycles. The Balaban J connectivity index is 2.71. The highest BCUT2D eigenvalue weighted by molar-refractivity contribution is 5.00. The Hall–Kier alpha value is -0.120. The molecular weight excluding hydrogens is 200 g/mol. The first kappa shape index (κ1) is 13.9. The van der Waals surface area contributed by atoms with Crippen LogP contribution in [0.4, 0.5) is 0 Å². The molecule has 0 amide bonds. The van der Waals surface area contributed by atoms with E-state index in [1.165, 1.54) is 32.1 Å². The van der Waals surface area contributed by atoms with Gasteiger partial charge in [0.05, 0.1) is 6.61 Å². The largest absolute Gasteiger partial charge is 0.380 e. The smallest absolute Gasteiger partial charge is 0.0637 e. The molecule has 3 heteroatoms. The molecule has 16 heavy (non-hydrogen) atoms. The van der Waals surface area contributed by atoms with Gasteiger partial charge >= 0.3 is 0 Å². The summed E-state index contributed by atoms with van der Waals surface area (Å²) in [4.78, 5) is 2.41. The minimum absolute atomic E-state index is 0.294. The summed E-state index contributed by atoms with van der Waals surface area (Å²) in [6.07, 6.45) is 6.67. The molecule has 1 saturated carbocycles. The van der Waals surface area contributed by atoms with Crippen LogP contribution in [0.15, 0.2) is 0 Å². The zero-order chi connectivity index (χ0) is 12.0. The number of nitrogens with zero attached hydrogens (tertiary/aromatic N) is 1. The van der Waals surface area contributed by atoms with Gasteiger partial charge in [-0.2, -0.15) is 0 Å². The number of ether oxygens (including phenoxy) is 1. The average molecular weight is 228 g/mol. The SMILES string of the molecule is CCOCC(NC)C1(N(C)C)CCCCC1. The fraction of sp³-hybridized carbons (Fsp3) is 1.00. The fourth-order valence-corrected chi connectivity index (χ4v) is 3.01. The first-order valence-electron chi connectivity index (χ1n) is 6.60. The van der Waals surface area contributed by atoms with Gasteiger partial charge in [0.2, 0.25) is 0 Å². The van der Waals surface area contributed by atoms with Crippen molar-refractivity contribution in [3.8, 4) is 0 Å². The fourth-order valence-electron chi connectivity index (χ4n) is 3.01. The lowest BCUT2D eigenvalue weighted by atomic mass is 9.75. The zero-order valence-electron chi connectivity index (χ0n) is 11.4.